The molecule has 0 unspecified atom stereocenters. The van der Waals surface area contributed by atoms with E-state index in [0.29, 0.717) is 10.6 Å². The fraction of sp³-hybridized carbons (Fsp3) is 0.250. The number of carbonyl (C=O) groups excluding carboxylic acids is 1. The van der Waals surface area contributed by atoms with Gasteiger partial charge in [0.1, 0.15) is 0 Å². The fourth-order valence-electron chi connectivity index (χ4n) is 1.14. The quantitative estimate of drug-likeness (QED) is 0.453. The number of allylic oxidation sites excluding steroid dienone is 1. The van der Waals surface area contributed by atoms with Crippen LogP contribution in [0.2, 0.25) is 15.1 Å². The van der Waals surface area contributed by atoms with Gasteiger partial charge in [-0.2, -0.15) is 0 Å². The third kappa shape index (κ3) is 4.09. The molecule has 0 bridgehead atoms. The Morgan fingerprint density at radius 1 is 1.28 bits per heavy atom. The molecule has 6 heteroatoms. The van der Waals surface area contributed by atoms with Gasteiger partial charge in [-0.1, -0.05) is 47.8 Å². The van der Waals surface area contributed by atoms with E-state index in [4.69, 9.17) is 39.7 Å². The van der Waals surface area contributed by atoms with E-state index in [1.54, 1.807) is 13.0 Å². The van der Waals surface area contributed by atoms with Crippen LogP contribution in [0.4, 0.5) is 0 Å². The minimum Gasteiger partial charge on any atom is -0.283 e. The lowest BCUT2D eigenvalue weighted by Crippen LogP contribution is -2.09. The Labute approximate surface area is 120 Å². The molecule has 0 radical (unpaired) electrons. The Balaban J connectivity index is 2.76. The minimum absolute atomic E-state index is 0.0559. The second-order valence-corrected chi connectivity index (χ2v) is 4.70. The van der Waals surface area contributed by atoms with Gasteiger partial charge in [0.25, 0.3) is 0 Å². The van der Waals surface area contributed by atoms with Crippen molar-refractivity contribution < 1.29 is 14.6 Å². The van der Waals surface area contributed by atoms with Crippen molar-refractivity contribution in [2.24, 2.45) is 0 Å². The maximum atomic E-state index is 11.5. The topological polar surface area (TPSA) is 35.5 Å². The maximum absolute atomic E-state index is 11.5. The van der Waals surface area contributed by atoms with E-state index in [1.807, 2.05) is 6.92 Å². The predicted octanol–water partition coefficient (Wildman–Crippen LogP) is 4.84. The molecule has 98 valence electrons. The molecule has 0 saturated heterocycles. The SMILES string of the molecule is CCC=C(C)C(=O)OOc1c(Cl)cc(Cl)cc1Cl. The van der Waals surface area contributed by atoms with Crippen molar-refractivity contribution in [1.29, 1.82) is 0 Å². The summed E-state index contributed by atoms with van der Waals surface area (Å²) in [5, 5.41) is 0.695. The summed E-state index contributed by atoms with van der Waals surface area (Å²) in [5.74, 6) is -0.542. The van der Waals surface area contributed by atoms with Crippen molar-refractivity contribution >= 4 is 40.8 Å². The molecule has 1 rings (SSSR count). The summed E-state index contributed by atoms with van der Waals surface area (Å²) >= 11 is 17.5. The fourth-order valence-corrected chi connectivity index (χ4v) is 2.02. The monoisotopic (exact) mass is 308 g/mol. The Bertz CT molecular complexity index is 460. The minimum atomic E-state index is -0.598. The Hall–Kier alpha value is -0.900. The lowest BCUT2D eigenvalue weighted by molar-refractivity contribution is -0.208. The van der Waals surface area contributed by atoms with Gasteiger partial charge in [-0.05, 0) is 25.5 Å². The Morgan fingerprint density at radius 3 is 2.33 bits per heavy atom. The number of benzene rings is 1. The summed E-state index contributed by atoms with van der Waals surface area (Å²) < 4.78 is 0. The lowest BCUT2D eigenvalue weighted by Gasteiger charge is -2.08. The first-order valence-corrected chi connectivity index (χ1v) is 6.29. The van der Waals surface area contributed by atoms with Gasteiger partial charge >= 0.3 is 5.97 Å². The van der Waals surface area contributed by atoms with Crippen molar-refractivity contribution in [1.82, 2.24) is 0 Å². The highest BCUT2D eigenvalue weighted by Crippen LogP contribution is 2.35. The third-order valence-corrected chi connectivity index (χ3v) is 2.78. The number of hydrogen-bond acceptors (Lipinski definition) is 3. The molecule has 0 saturated carbocycles. The van der Waals surface area contributed by atoms with Crippen LogP contribution in [-0.2, 0) is 9.68 Å². The second kappa shape index (κ2) is 6.88. The molecular weight excluding hydrogens is 298 g/mol. The van der Waals surface area contributed by atoms with E-state index in [0.717, 1.165) is 6.42 Å². The molecule has 0 aliphatic heterocycles. The van der Waals surface area contributed by atoms with Gasteiger partial charge in [-0.15, -0.1) is 0 Å². The van der Waals surface area contributed by atoms with Crippen LogP contribution in [0.15, 0.2) is 23.8 Å². The molecule has 0 N–H and O–H groups in total. The van der Waals surface area contributed by atoms with Gasteiger partial charge in [0.05, 0.1) is 10.0 Å². The average Bonchev–Trinajstić information content (AvgIpc) is 2.27. The second-order valence-electron chi connectivity index (χ2n) is 3.45. The van der Waals surface area contributed by atoms with Crippen LogP contribution in [0.3, 0.4) is 0 Å². The van der Waals surface area contributed by atoms with Crippen molar-refractivity contribution in [3.05, 3.63) is 38.8 Å². The summed E-state index contributed by atoms with van der Waals surface area (Å²) in [6.07, 6.45) is 2.44. The highest BCUT2D eigenvalue weighted by atomic mass is 35.5. The van der Waals surface area contributed by atoms with E-state index in [-0.39, 0.29) is 15.8 Å². The van der Waals surface area contributed by atoms with Crippen molar-refractivity contribution in [3.8, 4) is 5.75 Å². The van der Waals surface area contributed by atoms with Crippen LogP contribution in [0.1, 0.15) is 20.3 Å². The summed E-state index contributed by atoms with van der Waals surface area (Å²) in [6.45, 7) is 3.53. The van der Waals surface area contributed by atoms with Crippen LogP contribution in [0.5, 0.6) is 5.75 Å². The third-order valence-electron chi connectivity index (χ3n) is 2.00. The van der Waals surface area contributed by atoms with Gasteiger partial charge in [0, 0.05) is 10.6 Å². The average molecular weight is 310 g/mol. The molecule has 0 atom stereocenters. The lowest BCUT2D eigenvalue weighted by atomic mass is 10.2. The van der Waals surface area contributed by atoms with Crippen molar-refractivity contribution in [2.75, 3.05) is 0 Å². The van der Waals surface area contributed by atoms with E-state index in [2.05, 4.69) is 4.89 Å². The van der Waals surface area contributed by atoms with Crippen LogP contribution in [0, 0.1) is 0 Å². The first-order chi connectivity index (χ1) is 8.45. The molecule has 0 aliphatic carbocycles. The highest BCUT2D eigenvalue weighted by molar-refractivity contribution is 6.40. The van der Waals surface area contributed by atoms with E-state index in [1.165, 1.54) is 12.1 Å². The molecule has 1 aromatic carbocycles. The van der Waals surface area contributed by atoms with E-state index >= 15 is 0 Å². The normalized spacial score (nSPS) is 11.3. The van der Waals surface area contributed by atoms with Crippen LogP contribution in [-0.4, -0.2) is 5.97 Å². The molecular formula is C12H11Cl3O3. The molecule has 18 heavy (non-hydrogen) atoms. The standard InChI is InChI=1S/C12H11Cl3O3/c1-3-4-7(2)12(16)18-17-11-9(14)5-8(13)6-10(11)15/h4-6H,3H2,1-2H3. The number of halogens is 3. The summed E-state index contributed by atoms with van der Waals surface area (Å²) in [6, 6.07) is 2.87. The van der Waals surface area contributed by atoms with Gasteiger partial charge in [0.2, 0.25) is 5.75 Å². The van der Waals surface area contributed by atoms with Crippen LogP contribution < -0.4 is 4.89 Å². The first kappa shape index (κ1) is 15.2. The molecule has 3 nitrogen and oxygen atoms in total. The van der Waals surface area contributed by atoms with E-state index < -0.39 is 5.97 Å². The number of rotatable bonds is 4. The van der Waals surface area contributed by atoms with E-state index in [9.17, 15) is 4.79 Å². The van der Waals surface area contributed by atoms with Gasteiger partial charge < -0.3 is 0 Å². The zero-order valence-electron chi connectivity index (χ0n) is 9.80. The molecule has 0 spiro atoms. The summed E-state index contributed by atoms with van der Waals surface area (Å²) in [7, 11) is 0. The first-order valence-electron chi connectivity index (χ1n) is 5.15. The van der Waals surface area contributed by atoms with Crippen LogP contribution in [0.25, 0.3) is 0 Å². The molecule has 0 fully saturated rings. The molecule has 0 aromatic heterocycles. The van der Waals surface area contributed by atoms with Gasteiger partial charge in [0.15, 0.2) is 0 Å². The predicted molar refractivity (Wildman–Crippen MR) is 72.2 cm³/mol. The zero-order valence-corrected chi connectivity index (χ0v) is 12.1. The Morgan fingerprint density at radius 2 is 1.83 bits per heavy atom. The molecule has 0 aliphatic rings. The summed E-state index contributed by atoms with van der Waals surface area (Å²) in [5.41, 5.74) is 0.443. The van der Waals surface area contributed by atoms with Crippen LogP contribution >= 0.6 is 34.8 Å². The zero-order chi connectivity index (χ0) is 13.7. The smallest absolute Gasteiger partial charge is 0.283 e. The molecule has 0 heterocycles. The number of carbonyl (C=O) groups is 1. The summed E-state index contributed by atoms with van der Waals surface area (Å²) in [4.78, 5) is 20.9. The largest absolute Gasteiger partial charge is 0.381 e. The molecule has 0 amide bonds. The molecule has 1 aromatic rings. The maximum Gasteiger partial charge on any atom is 0.381 e. The van der Waals surface area contributed by atoms with Gasteiger partial charge in [-0.25, -0.2) is 9.68 Å². The Kier molecular flexibility index (Phi) is 5.79. The van der Waals surface area contributed by atoms with Crippen molar-refractivity contribution in [2.45, 2.75) is 20.3 Å². The van der Waals surface area contributed by atoms with Gasteiger partial charge in [-0.3, -0.25) is 4.89 Å². The highest BCUT2D eigenvalue weighted by Gasteiger charge is 2.14. The number of hydrogen-bond donors (Lipinski definition) is 0. The van der Waals surface area contributed by atoms with Crippen molar-refractivity contribution in [3.63, 3.8) is 0 Å².